The van der Waals surface area contributed by atoms with Gasteiger partial charge in [0.15, 0.2) is 18.1 Å². The van der Waals surface area contributed by atoms with Crippen molar-refractivity contribution in [2.75, 3.05) is 13.7 Å². The summed E-state index contributed by atoms with van der Waals surface area (Å²) in [7, 11) is 1.47. The second-order valence-corrected chi connectivity index (χ2v) is 7.00. The number of methoxy groups -OCH3 is 1. The van der Waals surface area contributed by atoms with Crippen LogP contribution in [0.5, 0.6) is 17.2 Å². The highest BCUT2D eigenvalue weighted by molar-refractivity contribution is 5.90. The minimum atomic E-state index is -0.609. The molecule has 0 bridgehead atoms. The maximum Gasteiger partial charge on any atom is 0.336 e. The van der Waals surface area contributed by atoms with E-state index in [0.717, 1.165) is 16.5 Å². The Morgan fingerprint density at radius 2 is 1.97 bits per heavy atom. The summed E-state index contributed by atoms with van der Waals surface area (Å²) >= 11 is 0. The minimum absolute atomic E-state index is 0.0639. The predicted molar refractivity (Wildman–Crippen MR) is 107 cm³/mol. The first-order valence-electron chi connectivity index (χ1n) is 9.24. The molecule has 0 saturated carbocycles. The number of nitrogens with two attached hydrogens (primary N) is 1. The quantitative estimate of drug-likeness (QED) is 0.390. The van der Waals surface area contributed by atoms with Gasteiger partial charge in [-0.1, -0.05) is 6.07 Å². The summed E-state index contributed by atoms with van der Waals surface area (Å²) in [5, 5.41) is 0.768. The van der Waals surface area contributed by atoms with Gasteiger partial charge in [-0.05, 0) is 42.3 Å². The molecule has 0 saturated heterocycles. The van der Waals surface area contributed by atoms with E-state index in [9.17, 15) is 14.4 Å². The van der Waals surface area contributed by atoms with E-state index in [4.69, 9.17) is 24.4 Å². The van der Waals surface area contributed by atoms with E-state index < -0.39 is 23.4 Å². The molecule has 3 aromatic rings. The lowest BCUT2D eigenvalue weighted by Gasteiger charge is -2.26. The molecule has 0 spiro atoms. The fourth-order valence-electron chi connectivity index (χ4n) is 3.69. The van der Waals surface area contributed by atoms with Crippen LogP contribution in [0.3, 0.4) is 0 Å². The zero-order valence-electron chi connectivity index (χ0n) is 16.4. The van der Waals surface area contributed by atoms with Gasteiger partial charge in [-0.3, -0.25) is 9.59 Å². The molecule has 1 amide bonds. The third-order valence-corrected chi connectivity index (χ3v) is 5.02. The van der Waals surface area contributed by atoms with Crippen LogP contribution < -0.4 is 25.6 Å². The third-order valence-electron chi connectivity index (χ3n) is 5.02. The minimum Gasteiger partial charge on any atom is -0.493 e. The molecule has 0 unspecified atom stereocenters. The van der Waals surface area contributed by atoms with Crippen LogP contribution in [-0.2, 0) is 9.59 Å². The Morgan fingerprint density at radius 1 is 1.17 bits per heavy atom. The number of amides is 1. The summed E-state index contributed by atoms with van der Waals surface area (Å²) in [6.45, 7) is 1.53. The van der Waals surface area contributed by atoms with Gasteiger partial charge in [-0.15, -0.1) is 0 Å². The Hall–Kier alpha value is -3.81. The van der Waals surface area contributed by atoms with Crippen molar-refractivity contribution < 1.29 is 28.2 Å². The molecule has 0 fully saturated rings. The number of primary amides is 1. The van der Waals surface area contributed by atoms with E-state index in [1.807, 2.05) is 6.92 Å². The van der Waals surface area contributed by atoms with Crippen LogP contribution in [0.2, 0.25) is 0 Å². The number of fused-ring (bicyclic) bond motifs is 3. The molecule has 4 rings (SSSR count). The number of benzene rings is 2. The van der Waals surface area contributed by atoms with Crippen LogP contribution in [0.1, 0.15) is 29.0 Å². The Labute approximate surface area is 171 Å². The predicted octanol–water partition coefficient (Wildman–Crippen LogP) is 2.42. The molecule has 0 aliphatic carbocycles. The molecule has 1 aliphatic rings. The van der Waals surface area contributed by atoms with E-state index in [0.29, 0.717) is 28.4 Å². The van der Waals surface area contributed by atoms with Gasteiger partial charge in [0.2, 0.25) is 0 Å². The number of hydrogen-bond donors (Lipinski definition) is 1. The second-order valence-electron chi connectivity index (χ2n) is 7.00. The SMILES string of the molecule is COc1cc([C@H]2CC(=O)Oc3ccc4c(C)cc(=O)oc4c32)ccc1OCC(N)=O. The Bertz CT molecular complexity index is 1230. The zero-order valence-corrected chi connectivity index (χ0v) is 16.4. The molecule has 1 aliphatic heterocycles. The first-order valence-corrected chi connectivity index (χ1v) is 9.24. The molecule has 1 aromatic heterocycles. The molecule has 8 heteroatoms. The number of carbonyl (C=O) groups excluding carboxylic acids is 2. The van der Waals surface area contributed by atoms with Gasteiger partial charge in [0, 0.05) is 22.9 Å². The fraction of sp³-hybridized carbons (Fsp3) is 0.227. The highest BCUT2D eigenvalue weighted by Gasteiger charge is 2.32. The van der Waals surface area contributed by atoms with Crippen molar-refractivity contribution in [2.45, 2.75) is 19.3 Å². The molecule has 2 N–H and O–H groups in total. The van der Waals surface area contributed by atoms with E-state index in [1.165, 1.54) is 13.2 Å². The van der Waals surface area contributed by atoms with E-state index in [1.54, 1.807) is 30.3 Å². The Balaban J connectivity index is 1.87. The lowest BCUT2D eigenvalue weighted by molar-refractivity contribution is -0.135. The average Bonchev–Trinajstić information content (AvgIpc) is 2.70. The van der Waals surface area contributed by atoms with Gasteiger partial charge < -0.3 is 24.4 Å². The first-order chi connectivity index (χ1) is 14.4. The smallest absolute Gasteiger partial charge is 0.336 e. The van der Waals surface area contributed by atoms with Crippen molar-refractivity contribution in [3.63, 3.8) is 0 Å². The van der Waals surface area contributed by atoms with Crippen LogP contribution in [0.15, 0.2) is 45.6 Å². The summed E-state index contributed by atoms with van der Waals surface area (Å²) in [6.07, 6.45) is 0.0639. The first kappa shape index (κ1) is 19.5. The summed E-state index contributed by atoms with van der Waals surface area (Å²) in [5.74, 6) is -0.345. The number of aryl methyl sites for hydroxylation is 1. The molecular weight excluding hydrogens is 390 g/mol. The standard InChI is InChI=1S/C22H19NO7/c1-11-7-19(25)30-22-13(11)4-6-16-21(22)14(9-20(26)29-16)12-3-5-15(17(8-12)27-2)28-10-18(23)24/h3-8,14H,9-10H2,1-2H3,(H2,23,24)/t14-/m1/s1. The molecular formula is C22H19NO7. The van der Waals surface area contributed by atoms with E-state index >= 15 is 0 Å². The maximum absolute atomic E-state index is 12.3. The Kier molecular flexibility index (Phi) is 4.91. The summed E-state index contributed by atoms with van der Waals surface area (Å²) in [4.78, 5) is 35.3. The van der Waals surface area contributed by atoms with Gasteiger partial charge in [0.1, 0.15) is 11.3 Å². The van der Waals surface area contributed by atoms with Crippen molar-refractivity contribution >= 4 is 22.8 Å². The average molecular weight is 409 g/mol. The van der Waals surface area contributed by atoms with Crippen molar-refractivity contribution in [1.29, 1.82) is 0 Å². The highest BCUT2D eigenvalue weighted by atomic mass is 16.5. The number of hydrogen-bond acceptors (Lipinski definition) is 7. The Morgan fingerprint density at radius 3 is 2.70 bits per heavy atom. The van der Waals surface area contributed by atoms with Gasteiger partial charge in [-0.2, -0.15) is 0 Å². The van der Waals surface area contributed by atoms with Crippen LogP contribution in [0, 0.1) is 6.92 Å². The maximum atomic E-state index is 12.3. The van der Waals surface area contributed by atoms with Crippen LogP contribution in [0.4, 0.5) is 0 Å². The monoisotopic (exact) mass is 409 g/mol. The summed E-state index contributed by atoms with van der Waals surface area (Å²) in [6, 6.07) is 10.0. The number of esters is 1. The summed E-state index contributed by atoms with van der Waals surface area (Å²) in [5.41, 5.74) is 7.19. The summed E-state index contributed by atoms with van der Waals surface area (Å²) < 4.78 is 21.7. The van der Waals surface area contributed by atoms with Crippen LogP contribution in [-0.4, -0.2) is 25.6 Å². The van der Waals surface area contributed by atoms with Gasteiger partial charge >= 0.3 is 11.6 Å². The molecule has 30 heavy (non-hydrogen) atoms. The van der Waals surface area contributed by atoms with Crippen molar-refractivity contribution in [3.8, 4) is 17.2 Å². The number of carbonyl (C=O) groups is 2. The largest absolute Gasteiger partial charge is 0.493 e. The number of ether oxygens (including phenoxy) is 3. The van der Waals surface area contributed by atoms with Gasteiger partial charge in [0.25, 0.3) is 5.91 Å². The molecule has 8 nitrogen and oxygen atoms in total. The molecule has 2 heterocycles. The lowest BCUT2D eigenvalue weighted by Crippen LogP contribution is -2.22. The van der Waals surface area contributed by atoms with E-state index in [-0.39, 0.29) is 13.0 Å². The molecule has 0 radical (unpaired) electrons. The third kappa shape index (κ3) is 3.47. The fourth-order valence-corrected chi connectivity index (χ4v) is 3.69. The van der Waals surface area contributed by atoms with Crippen LogP contribution in [0.25, 0.3) is 11.0 Å². The molecule has 2 aromatic carbocycles. The lowest BCUT2D eigenvalue weighted by atomic mass is 9.85. The van der Waals surface area contributed by atoms with Crippen molar-refractivity contribution in [1.82, 2.24) is 0 Å². The zero-order chi connectivity index (χ0) is 21.4. The van der Waals surface area contributed by atoms with E-state index in [2.05, 4.69) is 0 Å². The van der Waals surface area contributed by atoms with Gasteiger partial charge in [0.05, 0.1) is 13.5 Å². The van der Waals surface area contributed by atoms with Gasteiger partial charge in [-0.25, -0.2) is 4.79 Å². The molecule has 1 atom stereocenters. The second kappa shape index (κ2) is 7.55. The van der Waals surface area contributed by atoms with Crippen molar-refractivity contribution in [2.24, 2.45) is 5.73 Å². The van der Waals surface area contributed by atoms with Crippen LogP contribution >= 0.6 is 0 Å². The topological polar surface area (TPSA) is 118 Å². The molecule has 154 valence electrons. The van der Waals surface area contributed by atoms with Crippen molar-refractivity contribution in [3.05, 3.63) is 63.5 Å². The number of rotatable bonds is 5. The highest BCUT2D eigenvalue weighted by Crippen LogP contribution is 2.44. The normalized spacial score (nSPS) is 15.4.